The maximum absolute atomic E-state index is 5.22. The summed E-state index contributed by atoms with van der Waals surface area (Å²) in [5.41, 5.74) is 1.17. The number of aromatic amines is 1. The minimum Gasteiger partial charge on any atom is -0.300 e. The van der Waals surface area contributed by atoms with Gasteiger partial charge in [0.25, 0.3) is 0 Å². The summed E-state index contributed by atoms with van der Waals surface area (Å²) in [6.07, 6.45) is 2.13. The number of thiophene rings is 1. The van der Waals surface area contributed by atoms with Crippen LogP contribution in [0.1, 0.15) is 25.1 Å². The molecule has 0 aliphatic heterocycles. The monoisotopic (exact) mass is 253 g/mol. The van der Waals surface area contributed by atoms with E-state index in [0.29, 0.717) is 4.77 Å². The number of H-pyrrole nitrogens is 1. The van der Waals surface area contributed by atoms with E-state index in [2.05, 4.69) is 40.1 Å². The Hall–Kier alpha value is -0.940. The van der Waals surface area contributed by atoms with Crippen molar-refractivity contribution in [2.75, 3.05) is 0 Å². The molecule has 2 rings (SSSR count). The van der Waals surface area contributed by atoms with Crippen LogP contribution >= 0.6 is 23.6 Å². The molecule has 86 valence electrons. The Labute approximate surface area is 104 Å². The van der Waals surface area contributed by atoms with Gasteiger partial charge in [0, 0.05) is 22.4 Å². The van der Waals surface area contributed by atoms with Crippen LogP contribution in [-0.2, 0) is 13.0 Å². The van der Waals surface area contributed by atoms with E-state index in [1.807, 2.05) is 0 Å². The standard InChI is InChI=1S/C11H15N3S2/c1-3-5-14-10(12-13-11(14)15)8-6-9(4-2)16-7-8/h6-7H,3-5H2,1-2H3,(H,13,15). The summed E-state index contributed by atoms with van der Waals surface area (Å²) in [5, 5.41) is 9.32. The van der Waals surface area contributed by atoms with Gasteiger partial charge in [-0.25, -0.2) is 0 Å². The van der Waals surface area contributed by atoms with Gasteiger partial charge < -0.3 is 4.57 Å². The molecule has 0 radical (unpaired) electrons. The van der Waals surface area contributed by atoms with E-state index in [4.69, 9.17) is 12.2 Å². The second kappa shape index (κ2) is 4.93. The first-order chi connectivity index (χ1) is 7.76. The highest BCUT2D eigenvalue weighted by Crippen LogP contribution is 2.24. The molecule has 0 aliphatic carbocycles. The largest absolute Gasteiger partial charge is 0.300 e. The van der Waals surface area contributed by atoms with Crippen LogP contribution in [0.5, 0.6) is 0 Å². The molecule has 16 heavy (non-hydrogen) atoms. The van der Waals surface area contributed by atoms with Gasteiger partial charge in [-0.2, -0.15) is 5.10 Å². The summed E-state index contributed by atoms with van der Waals surface area (Å²) in [5.74, 6) is 0.961. The van der Waals surface area contributed by atoms with Gasteiger partial charge in [0.15, 0.2) is 10.6 Å². The predicted octanol–water partition coefficient (Wildman–Crippen LogP) is 3.64. The highest BCUT2D eigenvalue weighted by atomic mass is 32.1. The van der Waals surface area contributed by atoms with Crippen molar-refractivity contribution >= 4 is 23.6 Å². The zero-order valence-corrected chi connectivity index (χ0v) is 11.1. The average Bonchev–Trinajstić information content (AvgIpc) is 2.87. The Morgan fingerprint density at radius 3 is 2.94 bits per heavy atom. The molecule has 5 heteroatoms. The van der Waals surface area contributed by atoms with E-state index in [0.717, 1.165) is 25.2 Å². The van der Waals surface area contributed by atoms with Crippen LogP contribution in [0.2, 0.25) is 0 Å². The number of nitrogens with one attached hydrogen (secondary N) is 1. The normalized spacial score (nSPS) is 10.9. The second-order valence-corrected chi connectivity index (χ2v) is 5.04. The molecular formula is C11H15N3S2. The Morgan fingerprint density at radius 2 is 2.31 bits per heavy atom. The molecule has 3 nitrogen and oxygen atoms in total. The minimum atomic E-state index is 0.709. The van der Waals surface area contributed by atoms with Gasteiger partial charge in [0.1, 0.15) is 0 Å². The van der Waals surface area contributed by atoms with Gasteiger partial charge >= 0.3 is 0 Å². The highest BCUT2D eigenvalue weighted by Gasteiger charge is 2.09. The lowest BCUT2D eigenvalue weighted by Gasteiger charge is -2.02. The molecule has 0 amide bonds. The summed E-state index contributed by atoms with van der Waals surface area (Å²) in [7, 11) is 0. The minimum absolute atomic E-state index is 0.709. The van der Waals surface area contributed by atoms with Crippen LogP contribution < -0.4 is 0 Å². The van der Waals surface area contributed by atoms with E-state index < -0.39 is 0 Å². The fourth-order valence-electron chi connectivity index (χ4n) is 1.65. The molecule has 0 unspecified atom stereocenters. The topological polar surface area (TPSA) is 33.6 Å². The molecule has 0 fully saturated rings. The third-order valence-electron chi connectivity index (χ3n) is 2.47. The molecule has 1 N–H and O–H groups in total. The number of hydrogen-bond donors (Lipinski definition) is 1. The molecule has 0 bridgehead atoms. The Kier molecular flexibility index (Phi) is 3.56. The summed E-state index contributed by atoms with van der Waals surface area (Å²) in [4.78, 5) is 1.38. The number of nitrogens with zero attached hydrogens (tertiary/aromatic N) is 2. The number of rotatable bonds is 4. The highest BCUT2D eigenvalue weighted by molar-refractivity contribution is 7.71. The zero-order chi connectivity index (χ0) is 11.5. The maximum atomic E-state index is 5.22. The van der Waals surface area contributed by atoms with Crippen molar-refractivity contribution in [2.45, 2.75) is 33.2 Å². The van der Waals surface area contributed by atoms with Crippen molar-refractivity contribution in [3.8, 4) is 11.4 Å². The molecule has 0 spiro atoms. The zero-order valence-electron chi connectivity index (χ0n) is 9.49. The van der Waals surface area contributed by atoms with Gasteiger partial charge in [-0.05, 0) is 31.1 Å². The van der Waals surface area contributed by atoms with E-state index in [-0.39, 0.29) is 0 Å². The Bertz CT molecular complexity index is 521. The van der Waals surface area contributed by atoms with Gasteiger partial charge in [-0.1, -0.05) is 13.8 Å². The summed E-state index contributed by atoms with van der Waals surface area (Å²) in [6, 6.07) is 2.20. The van der Waals surface area contributed by atoms with Crippen molar-refractivity contribution in [1.82, 2.24) is 14.8 Å². The van der Waals surface area contributed by atoms with Gasteiger partial charge in [-0.3, -0.25) is 5.10 Å². The molecule has 0 aliphatic rings. The number of aromatic nitrogens is 3. The summed E-state index contributed by atoms with van der Waals surface area (Å²) in [6.45, 7) is 5.23. The molecule has 0 saturated carbocycles. The van der Waals surface area contributed by atoms with E-state index >= 15 is 0 Å². The fraction of sp³-hybridized carbons (Fsp3) is 0.455. The predicted molar refractivity (Wildman–Crippen MR) is 70.4 cm³/mol. The van der Waals surface area contributed by atoms with Gasteiger partial charge in [-0.15, -0.1) is 11.3 Å². The molecule has 0 atom stereocenters. The van der Waals surface area contributed by atoms with Crippen LogP contribution in [0.15, 0.2) is 11.4 Å². The lowest BCUT2D eigenvalue weighted by Crippen LogP contribution is -1.99. The smallest absolute Gasteiger partial charge is 0.195 e. The average molecular weight is 253 g/mol. The number of hydrogen-bond acceptors (Lipinski definition) is 3. The molecule has 2 aromatic rings. The molecule has 0 saturated heterocycles. The van der Waals surface area contributed by atoms with Crippen molar-refractivity contribution in [3.05, 3.63) is 21.1 Å². The first-order valence-corrected chi connectivity index (χ1v) is 6.78. The first-order valence-electron chi connectivity index (χ1n) is 5.49. The van der Waals surface area contributed by atoms with Crippen molar-refractivity contribution in [3.63, 3.8) is 0 Å². The van der Waals surface area contributed by atoms with Crippen LogP contribution in [0, 0.1) is 4.77 Å². The molecule has 2 heterocycles. The second-order valence-electron chi connectivity index (χ2n) is 3.66. The van der Waals surface area contributed by atoms with Crippen LogP contribution in [0.3, 0.4) is 0 Å². The summed E-state index contributed by atoms with van der Waals surface area (Å²) >= 11 is 7.00. The van der Waals surface area contributed by atoms with Crippen molar-refractivity contribution in [1.29, 1.82) is 0 Å². The third kappa shape index (κ3) is 2.10. The third-order valence-corrected chi connectivity index (χ3v) is 3.86. The Morgan fingerprint density at radius 1 is 1.50 bits per heavy atom. The number of aryl methyl sites for hydroxylation is 1. The summed E-state index contributed by atoms with van der Waals surface area (Å²) < 4.78 is 2.78. The van der Waals surface area contributed by atoms with Crippen LogP contribution in [0.4, 0.5) is 0 Å². The van der Waals surface area contributed by atoms with Crippen LogP contribution in [-0.4, -0.2) is 14.8 Å². The van der Waals surface area contributed by atoms with E-state index in [9.17, 15) is 0 Å². The maximum Gasteiger partial charge on any atom is 0.195 e. The SMILES string of the molecule is CCCn1c(-c2csc(CC)c2)n[nH]c1=S. The molecular weight excluding hydrogens is 238 g/mol. The molecule has 2 aromatic heterocycles. The van der Waals surface area contributed by atoms with E-state index in [1.165, 1.54) is 10.4 Å². The lowest BCUT2D eigenvalue weighted by molar-refractivity contribution is 0.675. The van der Waals surface area contributed by atoms with Gasteiger partial charge in [0.2, 0.25) is 0 Å². The van der Waals surface area contributed by atoms with Crippen molar-refractivity contribution in [2.24, 2.45) is 0 Å². The van der Waals surface area contributed by atoms with Gasteiger partial charge in [0.05, 0.1) is 0 Å². The first kappa shape index (κ1) is 11.5. The Balaban J connectivity index is 2.43. The quantitative estimate of drug-likeness (QED) is 0.844. The van der Waals surface area contributed by atoms with Crippen molar-refractivity contribution < 1.29 is 0 Å². The lowest BCUT2D eigenvalue weighted by atomic mass is 10.2. The fourth-order valence-corrected chi connectivity index (χ4v) is 2.69. The van der Waals surface area contributed by atoms with Crippen LogP contribution in [0.25, 0.3) is 11.4 Å². The van der Waals surface area contributed by atoms with E-state index in [1.54, 1.807) is 11.3 Å². The molecule has 0 aromatic carbocycles.